The van der Waals surface area contributed by atoms with E-state index in [1.54, 1.807) is 16.8 Å². The second kappa shape index (κ2) is 7.78. The van der Waals surface area contributed by atoms with Gasteiger partial charge < -0.3 is 19.3 Å². The average molecular weight is 394 g/mol. The summed E-state index contributed by atoms with van der Waals surface area (Å²) < 4.78 is 11.7. The Balaban J connectivity index is 1.40. The Morgan fingerprint density at radius 1 is 1.14 bits per heavy atom. The summed E-state index contributed by atoms with van der Waals surface area (Å²) >= 11 is 0. The van der Waals surface area contributed by atoms with E-state index in [2.05, 4.69) is 0 Å². The van der Waals surface area contributed by atoms with E-state index in [0.717, 1.165) is 22.6 Å². The smallest absolute Gasteiger partial charge is 0.227 e. The minimum absolute atomic E-state index is 0.00312. The number of aryl methyl sites for hydroxylation is 1. The molecule has 1 fully saturated rings. The van der Waals surface area contributed by atoms with Crippen molar-refractivity contribution in [2.45, 2.75) is 26.4 Å². The molecule has 2 atom stereocenters. The molecule has 0 saturated carbocycles. The van der Waals surface area contributed by atoms with Crippen LogP contribution in [-0.4, -0.2) is 49.6 Å². The van der Waals surface area contributed by atoms with E-state index in [4.69, 9.17) is 9.47 Å². The van der Waals surface area contributed by atoms with Crippen molar-refractivity contribution in [1.29, 1.82) is 0 Å². The lowest BCUT2D eigenvalue weighted by atomic mass is 10.1. The number of ether oxygens (including phenoxy) is 2. The van der Waals surface area contributed by atoms with Gasteiger partial charge in [0.1, 0.15) is 6.61 Å². The first-order valence-corrected chi connectivity index (χ1v) is 9.94. The molecule has 2 amide bonds. The average Bonchev–Trinajstić information content (AvgIpc) is 3.10. The van der Waals surface area contributed by atoms with E-state index in [0.29, 0.717) is 25.4 Å². The van der Waals surface area contributed by atoms with Gasteiger partial charge in [-0.3, -0.25) is 9.59 Å². The molecule has 2 aliphatic rings. The molecule has 0 bridgehead atoms. The van der Waals surface area contributed by atoms with Crippen LogP contribution in [0.2, 0.25) is 0 Å². The van der Waals surface area contributed by atoms with E-state index in [9.17, 15) is 9.59 Å². The van der Waals surface area contributed by atoms with Gasteiger partial charge in [-0.1, -0.05) is 24.3 Å². The number of hydrogen-bond donors (Lipinski definition) is 0. The highest BCUT2D eigenvalue weighted by atomic mass is 16.6. The van der Waals surface area contributed by atoms with Gasteiger partial charge in [0.15, 0.2) is 17.6 Å². The van der Waals surface area contributed by atoms with Crippen LogP contribution in [0.15, 0.2) is 42.5 Å². The fraction of sp³-hybridized carbons (Fsp3) is 0.391. The van der Waals surface area contributed by atoms with E-state index < -0.39 is 0 Å². The van der Waals surface area contributed by atoms with Crippen LogP contribution >= 0.6 is 0 Å². The molecule has 1 saturated heterocycles. The summed E-state index contributed by atoms with van der Waals surface area (Å²) in [6.07, 6.45) is 0.00703. The second-order valence-corrected chi connectivity index (χ2v) is 7.84. The third kappa shape index (κ3) is 3.79. The number of likely N-dealkylation sites (N-methyl/N-ethyl adjacent to an activating group) is 1. The molecule has 0 aliphatic carbocycles. The van der Waals surface area contributed by atoms with Gasteiger partial charge in [0.25, 0.3) is 0 Å². The Morgan fingerprint density at radius 3 is 2.69 bits per heavy atom. The van der Waals surface area contributed by atoms with E-state index in [-0.39, 0.29) is 30.3 Å². The maximum absolute atomic E-state index is 13.0. The highest BCUT2D eigenvalue weighted by molar-refractivity contribution is 6.00. The predicted octanol–water partition coefficient (Wildman–Crippen LogP) is 2.95. The van der Waals surface area contributed by atoms with Crippen molar-refractivity contribution in [2.24, 2.45) is 5.92 Å². The van der Waals surface area contributed by atoms with Crippen LogP contribution in [0.4, 0.5) is 5.69 Å². The van der Waals surface area contributed by atoms with Crippen molar-refractivity contribution in [2.75, 3.05) is 31.6 Å². The van der Waals surface area contributed by atoms with Crippen molar-refractivity contribution >= 4 is 17.5 Å². The molecule has 2 aromatic carbocycles. The molecule has 152 valence electrons. The molecular formula is C23H26N2O4. The molecule has 29 heavy (non-hydrogen) atoms. The van der Waals surface area contributed by atoms with Gasteiger partial charge in [0, 0.05) is 25.7 Å². The summed E-state index contributed by atoms with van der Waals surface area (Å²) in [7, 11) is 1.76. The van der Waals surface area contributed by atoms with Gasteiger partial charge in [-0.25, -0.2) is 0 Å². The van der Waals surface area contributed by atoms with Crippen molar-refractivity contribution in [1.82, 2.24) is 4.90 Å². The summed E-state index contributed by atoms with van der Waals surface area (Å²) in [6, 6.07) is 13.4. The van der Waals surface area contributed by atoms with Gasteiger partial charge in [-0.05, 0) is 43.2 Å². The standard InChI is InChI=1S/C23H26N2O4/c1-15-7-6-8-19(16(15)2)25-12-17(11-22(25)26)23(27)24(3)13-18-14-28-20-9-4-5-10-21(20)29-18/h4-10,17-18H,11-14H2,1-3H3. The first kappa shape index (κ1) is 19.3. The van der Waals surface area contributed by atoms with Gasteiger partial charge in [0.2, 0.25) is 11.8 Å². The summed E-state index contributed by atoms with van der Waals surface area (Å²) in [5.41, 5.74) is 3.11. The SMILES string of the molecule is Cc1cccc(N2CC(C(=O)N(C)CC3COc4ccccc4O3)CC2=O)c1C. The quantitative estimate of drug-likeness (QED) is 0.800. The maximum atomic E-state index is 13.0. The molecule has 2 unspecified atom stereocenters. The molecule has 0 spiro atoms. The fourth-order valence-electron chi connectivity index (χ4n) is 3.99. The third-order valence-electron chi connectivity index (χ3n) is 5.76. The normalized spacial score (nSPS) is 20.7. The first-order valence-electron chi connectivity index (χ1n) is 9.94. The minimum atomic E-state index is -0.343. The maximum Gasteiger partial charge on any atom is 0.227 e. The van der Waals surface area contributed by atoms with Crippen LogP contribution in [-0.2, 0) is 9.59 Å². The topological polar surface area (TPSA) is 59.1 Å². The number of amides is 2. The highest BCUT2D eigenvalue weighted by Crippen LogP contribution is 2.32. The van der Waals surface area contributed by atoms with Gasteiger partial charge >= 0.3 is 0 Å². The Kier molecular flexibility index (Phi) is 5.18. The summed E-state index contributed by atoms with van der Waals surface area (Å²) in [4.78, 5) is 29.0. The highest BCUT2D eigenvalue weighted by Gasteiger charge is 2.37. The summed E-state index contributed by atoms with van der Waals surface area (Å²) in [5, 5.41) is 0. The molecule has 0 radical (unpaired) electrons. The number of nitrogens with zero attached hydrogens (tertiary/aromatic N) is 2. The summed E-state index contributed by atoms with van der Waals surface area (Å²) in [5.74, 6) is 1.04. The monoisotopic (exact) mass is 394 g/mol. The number of benzene rings is 2. The Labute approximate surface area is 171 Å². The molecule has 6 heteroatoms. The molecule has 2 aliphatic heterocycles. The van der Waals surface area contributed by atoms with Crippen molar-refractivity contribution in [3.05, 3.63) is 53.6 Å². The van der Waals surface area contributed by atoms with Gasteiger partial charge in [-0.2, -0.15) is 0 Å². The molecule has 0 N–H and O–H groups in total. The van der Waals surface area contributed by atoms with E-state index in [1.807, 2.05) is 56.3 Å². The Bertz CT molecular complexity index is 942. The fourth-order valence-corrected chi connectivity index (χ4v) is 3.99. The number of fused-ring (bicyclic) bond motifs is 1. The lowest BCUT2D eigenvalue weighted by Gasteiger charge is -2.30. The molecule has 6 nitrogen and oxygen atoms in total. The summed E-state index contributed by atoms with van der Waals surface area (Å²) in [6.45, 7) is 5.27. The molecule has 2 aromatic rings. The van der Waals surface area contributed by atoms with E-state index in [1.165, 1.54) is 0 Å². The van der Waals surface area contributed by atoms with Crippen molar-refractivity contribution in [3.63, 3.8) is 0 Å². The number of hydrogen-bond acceptors (Lipinski definition) is 4. The molecule has 2 heterocycles. The number of carbonyl (C=O) groups excluding carboxylic acids is 2. The first-order chi connectivity index (χ1) is 13.9. The molecule has 4 rings (SSSR count). The van der Waals surface area contributed by atoms with Gasteiger partial charge in [-0.15, -0.1) is 0 Å². The van der Waals surface area contributed by atoms with E-state index >= 15 is 0 Å². The van der Waals surface area contributed by atoms with Crippen molar-refractivity contribution in [3.8, 4) is 11.5 Å². The predicted molar refractivity (Wildman–Crippen MR) is 110 cm³/mol. The minimum Gasteiger partial charge on any atom is -0.486 e. The molecular weight excluding hydrogens is 368 g/mol. The number of para-hydroxylation sites is 2. The number of anilines is 1. The largest absolute Gasteiger partial charge is 0.486 e. The lowest BCUT2D eigenvalue weighted by Crippen LogP contribution is -2.44. The zero-order valence-corrected chi connectivity index (χ0v) is 17.1. The van der Waals surface area contributed by atoms with Crippen LogP contribution in [0.3, 0.4) is 0 Å². The number of rotatable bonds is 4. The molecule has 0 aromatic heterocycles. The Morgan fingerprint density at radius 2 is 1.90 bits per heavy atom. The Hall–Kier alpha value is -3.02. The van der Waals surface area contributed by atoms with Crippen LogP contribution in [0.25, 0.3) is 0 Å². The van der Waals surface area contributed by atoms with Crippen LogP contribution < -0.4 is 14.4 Å². The third-order valence-corrected chi connectivity index (χ3v) is 5.76. The zero-order valence-electron chi connectivity index (χ0n) is 17.1. The van der Waals surface area contributed by atoms with Crippen LogP contribution in [0.1, 0.15) is 17.5 Å². The van der Waals surface area contributed by atoms with Crippen LogP contribution in [0.5, 0.6) is 11.5 Å². The lowest BCUT2D eigenvalue weighted by molar-refractivity contribution is -0.135. The second-order valence-electron chi connectivity index (χ2n) is 7.84. The van der Waals surface area contributed by atoms with Gasteiger partial charge in [0.05, 0.1) is 12.5 Å². The van der Waals surface area contributed by atoms with Crippen molar-refractivity contribution < 1.29 is 19.1 Å². The number of carbonyl (C=O) groups is 2. The zero-order chi connectivity index (χ0) is 20.5. The van der Waals surface area contributed by atoms with Crippen LogP contribution in [0, 0.1) is 19.8 Å².